The molecule has 0 amide bonds. The highest BCUT2D eigenvalue weighted by atomic mass is 32.2. The van der Waals surface area contributed by atoms with E-state index in [1.54, 1.807) is 6.92 Å². The molecule has 0 saturated carbocycles. The molecule has 2 saturated heterocycles. The lowest BCUT2D eigenvalue weighted by Gasteiger charge is -2.32. The quantitative estimate of drug-likeness (QED) is 0.730. The van der Waals surface area contributed by atoms with Crippen molar-refractivity contribution in [2.24, 2.45) is 5.73 Å². The largest absolute Gasteiger partial charge is 0.326 e. The first kappa shape index (κ1) is 15.0. The topological polar surface area (TPSA) is 104 Å². The third-order valence-electron chi connectivity index (χ3n) is 4.66. The number of aromatic amines is 1. The number of piperidine rings is 1. The summed E-state index contributed by atoms with van der Waals surface area (Å²) in [6.45, 7) is 4.01. The fourth-order valence-corrected chi connectivity index (χ4v) is 5.04. The standard InChI is InChI=1S/C13H23N5O2S/c1-9-10(8-14)13(16-15-9)21(19,20)17-11-5-7-18-6-3-2-4-12(11)18/h11-12,17H,2-8,14H2,1H3,(H,15,16). The molecular weight excluding hydrogens is 290 g/mol. The Bertz CT molecular complexity index is 612. The van der Waals surface area contributed by atoms with Gasteiger partial charge in [-0.05, 0) is 32.7 Å². The van der Waals surface area contributed by atoms with Gasteiger partial charge in [0.05, 0.1) is 0 Å². The molecule has 118 valence electrons. The Hall–Kier alpha value is -0.960. The number of sulfonamides is 1. The summed E-state index contributed by atoms with van der Waals surface area (Å²) >= 11 is 0. The molecule has 7 nitrogen and oxygen atoms in total. The van der Waals surface area contributed by atoms with Gasteiger partial charge in [-0.2, -0.15) is 5.10 Å². The highest BCUT2D eigenvalue weighted by Gasteiger charge is 2.38. The van der Waals surface area contributed by atoms with E-state index in [0.717, 1.165) is 25.9 Å². The number of hydrogen-bond acceptors (Lipinski definition) is 5. The number of nitrogens with zero attached hydrogens (tertiary/aromatic N) is 2. The summed E-state index contributed by atoms with van der Waals surface area (Å²) in [6, 6.07) is 0.313. The number of nitrogens with two attached hydrogens (primary N) is 1. The monoisotopic (exact) mass is 313 g/mol. The van der Waals surface area contributed by atoms with Gasteiger partial charge in [0.1, 0.15) is 0 Å². The first-order valence-corrected chi connectivity index (χ1v) is 9.01. The van der Waals surface area contributed by atoms with Crippen molar-refractivity contribution in [3.05, 3.63) is 11.3 Å². The molecule has 0 radical (unpaired) electrons. The second-order valence-corrected chi connectivity index (χ2v) is 7.58. The van der Waals surface area contributed by atoms with E-state index < -0.39 is 10.0 Å². The molecule has 0 aromatic carbocycles. The van der Waals surface area contributed by atoms with E-state index in [-0.39, 0.29) is 17.6 Å². The SMILES string of the molecule is Cc1[nH]nc(S(=O)(=O)NC2CCN3CCCCC23)c1CN. The van der Waals surface area contributed by atoms with Gasteiger partial charge in [-0.15, -0.1) is 0 Å². The summed E-state index contributed by atoms with van der Waals surface area (Å²) in [6.07, 6.45) is 4.32. The van der Waals surface area contributed by atoms with Crippen LogP contribution in [0.15, 0.2) is 5.03 Å². The molecule has 8 heteroatoms. The fourth-order valence-electron chi connectivity index (χ4n) is 3.53. The maximum absolute atomic E-state index is 12.6. The Labute approximate surface area is 125 Å². The Morgan fingerprint density at radius 1 is 1.38 bits per heavy atom. The molecule has 2 aliphatic rings. The number of fused-ring (bicyclic) bond motifs is 1. The van der Waals surface area contributed by atoms with Crippen molar-refractivity contribution < 1.29 is 8.42 Å². The number of aryl methyl sites for hydroxylation is 1. The van der Waals surface area contributed by atoms with Crippen LogP contribution < -0.4 is 10.5 Å². The van der Waals surface area contributed by atoms with E-state index >= 15 is 0 Å². The van der Waals surface area contributed by atoms with Crippen LogP contribution in [0.2, 0.25) is 0 Å². The Morgan fingerprint density at radius 3 is 2.95 bits per heavy atom. The van der Waals surface area contributed by atoms with E-state index in [1.807, 2.05) is 0 Å². The van der Waals surface area contributed by atoms with Crippen LogP contribution in [-0.4, -0.2) is 48.7 Å². The van der Waals surface area contributed by atoms with Crippen LogP contribution in [0.5, 0.6) is 0 Å². The summed E-state index contributed by atoms with van der Waals surface area (Å²) in [5.41, 5.74) is 6.93. The molecule has 2 fully saturated rings. The predicted molar refractivity (Wildman–Crippen MR) is 79.2 cm³/mol. The minimum atomic E-state index is -3.62. The number of aromatic nitrogens is 2. The Kier molecular flexibility index (Phi) is 4.04. The second-order valence-electron chi connectivity index (χ2n) is 5.95. The molecule has 3 rings (SSSR count). The number of nitrogens with one attached hydrogen (secondary N) is 2. The van der Waals surface area contributed by atoms with E-state index in [9.17, 15) is 8.42 Å². The van der Waals surface area contributed by atoms with Crippen molar-refractivity contribution in [1.82, 2.24) is 19.8 Å². The zero-order valence-corrected chi connectivity index (χ0v) is 13.1. The number of rotatable bonds is 4. The lowest BCUT2D eigenvalue weighted by Crippen LogP contribution is -2.46. The minimum Gasteiger partial charge on any atom is -0.326 e. The van der Waals surface area contributed by atoms with Gasteiger partial charge >= 0.3 is 0 Å². The average molecular weight is 313 g/mol. The van der Waals surface area contributed by atoms with Gasteiger partial charge in [-0.3, -0.25) is 10.00 Å². The third kappa shape index (κ3) is 2.73. The van der Waals surface area contributed by atoms with Gasteiger partial charge in [-0.25, -0.2) is 13.1 Å². The van der Waals surface area contributed by atoms with Crippen LogP contribution in [0.4, 0.5) is 0 Å². The summed E-state index contributed by atoms with van der Waals surface area (Å²) < 4.78 is 28.0. The van der Waals surface area contributed by atoms with E-state index in [0.29, 0.717) is 17.3 Å². The zero-order valence-electron chi connectivity index (χ0n) is 12.3. The molecule has 0 aliphatic carbocycles. The average Bonchev–Trinajstić information content (AvgIpc) is 3.03. The van der Waals surface area contributed by atoms with Gasteiger partial charge < -0.3 is 5.73 Å². The summed E-state index contributed by atoms with van der Waals surface area (Å²) in [5, 5.41) is 6.70. The van der Waals surface area contributed by atoms with Crippen LogP contribution in [-0.2, 0) is 16.6 Å². The molecule has 21 heavy (non-hydrogen) atoms. The highest BCUT2D eigenvalue weighted by Crippen LogP contribution is 2.28. The van der Waals surface area contributed by atoms with Crippen LogP contribution in [0.25, 0.3) is 0 Å². The smallest absolute Gasteiger partial charge is 0.260 e. The van der Waals surface area contributed by atoms with E-state index in [1.165, 1.54) is 12.8 Å². The van der Waals surface area contributed by atoms with Crippen LogP contribution in [0, 0.1) is 6.92 Å². The molecule has 1 aromatic heterocycles. The van der Waals surface area contributed by atoms with Gasteiger partial charge in [0.25, 0.3) is 10.0 Å². The van der Waals surface area contributed by atoms with Crippen molar-refractivity contribution >= 4 is 10.0 Å². The molecule has 1 aromatic rings. The maximum atomic E-state index is 12.6. The second kappa shape index (κ2) is 5.68. The normalized spacial score (nSPS) is 27.0. The van der Waals surface area contributed by atoms with E-state index in [4.69, 9.17) is 5.73 Å². The Morgan fingerprint density at radius 2 is 2.19 bits per heavy atom. The Balaban J connectivity index is 1.80. The van der Waals surface area contributed by atoms with Crippen molar-refractivity contribution in [2.75, 3.05) is 13.1 Å². The molecule has 0 bridgehead atoms. The van der Waals surface area contributed by atoms with Crippen molar-refractivity contribution in [1.29, 1.82) is 0 Å². The number of H-pyrrole nitrogens is 1. The van der Waals surface area contributed by atoms with E-state index in [2.05, 4.69) is 19.8 Å². The predicted octanol–water partition coefficient (Wildman–Crippen LogP) is 0.0819. The van der Waals surface area contributed by atoms with Crippen LogP contribution in [0.1, 0.15) is 36.9 Å². The molecule has 2 atom stereocenters. The summed E-state index contributed by atoms with van der Waals surface area (Å²) in [4.78, 5) is 2.40. The fraction of sp³-hybridized carbons (Fsp3) is 0.769. The van der Waals surface area contributed by atoms with Crippen molar-refractivity contribution in [3.8, 4) is 0 Å². The van der Waals surface area contributed by atoms with Gasteiger partial charge in [-0.1, -0.05) is 6.42 Å². The summed E-state index contributed by atoms with van der Waals surface area (Å²) in [7, 11) is -3.62. The summed E-state index contributed by atoms with van der Waals surface area (Å²) in [5.74, 6) is 0. The van der Waals surface area contributed by atoms with Gasteiger partial charge in [0.2, 0.25) is 0 Å². The zero-order chi connectivity index (χ0) is 15.0. The molecule has 2 aliphatic heterocycles. The minimum absolute atomic E-state index is 0.0158. The maximum Gasteiger partial charge on any atom is 0.260 e. The van der Waals surface area contributed by atoms with Gasteiger partial charge in [0.15, 0.2) is 5.03 Å². The molecular formula is C13H23N5O2S. The first-order valence-electron chi connectivity index (χ1n) is 7.53. The molecule has 0 spiro atoms. The molecule has 3 heterocycles. The van der Waals surface area contributed by atoms with Crippen molar-refractivity contribution in [3.63, 3.8) is 0 Å². The lowest BCUT2D eigenvalue weighted by molar-refractivity contribution is 0.186. The van der Waals surface area contributed by atoms with Gasteiger partial charge in [0, 0.05) is 36.4 Å². The van der Waals surface area contributed by atoms with Crippen LogP contribution in [0.3, 0.4) is 0 Å². The molecule has 2 unspecified atom stereocenters. The lowest BCUT2D eigenvalue weighted by atomic mass is 10.00. The van der Waals surface area contributed by atoms with Crippen LogP contribution >= 0.6 is 0 Å². The molecule has 4 N–H and O–H groups in total. The third-order valence-corrected chi connectivity index (χ3v) is 6.12. The number of hydrogen-bond donors (Lipinski definition) is 3. The van der Waals surface area contributed by atoms with Crippen molar-refractivity contribution in [2.45, 2.75) is 56.3 Å². The highest BCUT2D eigenvalue weighted by molar-refractivity contribution is 7.89. The first-order chi connectivity index (χ1) is 10.0.